The zero-order valence-electron chi connectivity index (χ0n) is 17.5. The number of amidine groups is 1. The fourth-order valence-electron chi connectivity index (χ4n) is 3.72. The number of benzene rings is 2. The zero-order chi connectivity index (χ0) is 22.9. The van der Waals surface area contributed by atoms with Gasteiger partial charge in [-0.2, -0.15) is 0 Å². The summed E-state index contributed by atoms with van der Waals surface area (Å²) in [7, 11) is -2.06. The summed E-state index contributed by atoms with van der Waals surface area (Å²) in [6, 6.07) is 11.7. The number of fused-ring (bicyclic) bond motifs is 1. The maximum absolute atomic E-state index is 12.9. The number of rotatable bonds is 8. The first-order valence-electron chi connectivity index (χ1n) is 10.0. The van der Waals surface area contributed by atoms with Crippen LogP contribution in [0.1, 0.15) is 16.9 Å². The summed E-state index contributed by atoms with van der Waals surface area (Å²) in [4.78, 5) is 15.3. The lowest BCUT2D eigenvalue weighted by atomic mass is 10.1. The molecule has 0 radical (unpaired) electrons. The average molecular weight is 473 g/mol. The van der Waals surface area contributed by atoms with Crippen LogP contribution in [0.15, 0.2) is 52.7 Å². The minimum atomic E-state index is -3.62. The molecule has 1 aliphatic rings. The number of thiophene rings is 1. The number of sulfone groups is 1. The summed E-state index contributed by atoms with van der Waals surface area (Å²) in [6.07, 6.45) is 0.535. The van der Waals surface area contributed by atoms with Gasteiger partial charge in [-0.15, -0.1) is 11.3 Å². The SMILES string of the molecule is COc1ccc2ccc(S(=O)(=O)CN[C@H]3CCN(Cc4csc(C(=N)N)c4)C3=O)cc2c1. The van der Waals surface area contributed by atoms with Crippen molar-refractivity contribution in [2.75, 3.05) is 19.5 Å². The number of nitrogens with two attached hydrogens (primary N) is 1. The van der Waals surface area contributed by atoms with Crippen molar-refractivity contribution in [2.45, 2.75) is 23.9 Å². The molecule has 10 heteroatoms. The Morgan fingerprint density at radius 2 is 2.03 bits per heavy atom. The van der Waals surface area contributed by atoms with E-state index >= 15 is 0 Å². The van der Waals surface area contributed by atoms with Gasteiger partial charge in [-0.25, -0.2) is 8.42 Å². The number of amides is 1. The second-order valence-electron chi connectivity index (χ2n) is 7.67. The third kappa shape index (κ3) is 4.62. The van der Waals surface area contributed by atoms with Crippen LogP contribution in [0.4, 0.5) is 0 Å². The number of carbonyl (C=O) groups is 1. The second kappa shape index (κ2) is 8.89. The Hall–Kier alpha value is -2.95. The van der Waals surface area contributed by atoms with Crippen LogP contribution < -0.4 is 15.8 Å². The Morgan fingerprint density at radius 3 is 2.75 bits per heavy atom. The van der Waals surface area contributed by atoms with Gasteiger partial charge < -0.3 is 15.4 Å². The molecule has 1 aliphatic heterocycles. The summed E-state index contributed by atoms with van der Waals surface area (Å²) in [5.74, 6) is 0.215. The molecule has 2 aromatic carbocycles. The first-order valence-corrected chi connectivity index (χ1v) is 12.5. The van der Waals surface area contributed by atoms with Crippen molar-refractivity contribution in [3.63, 3.8) is 0 Å². The van der Waals surface area contributed by atoms with E-state index in [0.717, 1.165) is 16.3 Å². The molecule has 32 heavy (non-hydrogen) atoms. The van der Waals surface area contributed by atoms with E-state index in [2.05, 4.69) is 5.32 Å². The van der Waals surface area contributed by atoms with Gasteiger partial charge in [-0.3, -0.25) is 15.5 Å². The Bertz CT molecular complexity index is 1290. The normalized spacial score (nSPS) is 16.6. The van der Waals surface area contributed by atoms with Crippen molar-refractivity contribution in [1.29, 1.82) is 5.41 Å². The second-order valence-corrected chi connectivity index (χ2v) is 10.6. The number of carbonyl (C=O) groups excluding carboxylic acids is 1. The van der Waals surface area contributed by atoms with Crippen molar-refractivity contribution >= 4 is 43.7 Å². The highest BCUT2D eigenvalue weighted by molar-refractivity contribution is 7.91. The molecule has 3 aromatic rings. The van der Waals surface area contributed by atoms with Crippen molar-refractivity contribution in [3.05, 3.63) is 58.3 Å². The topological polar surface area (TPSA) is 126 Å². The largest absolute Gasteiger partial charge is 0.497 e. The van der Waals surface area contributed by atoms with Gasteiger partial charge in [0, 0.05) is 13.1 Å². The van der Waals surface area contributed by atoms with Gasteiger partial charge in [0.1, 0.15) is 17.5 Å². The first kappa shape index (κ1) is 22.3. The highest BCUT2D eigenvalue weighted by Crippen LogP contribution is 2.25. The molecule has 0 unspecified atom stereocenters. The molecule has 0 spiro atoms. The lowest BCUT2D eigenvalue weighted by Crippen LogP contribution is -2.40. The maximum atomic E-state index is 12.9. The van der Waals surface area contributed by atoms with Crippen molar-refractivity contribution in [3.8, 4) is 5.75 Å². The van der Waals surface area contributed by atoms with Crippen LogP contribution in [0.3, 0.4) is 0 Å². The Morgan fingerprint density at radius 1 is 1.25 bits per heavy atom. The highest BCUT2D eigenvalue weighted by atomic mass is 32.2. The Balaban J connectivity index is 1.40. The molecule has 0 aliphatic carbocycles. The maximum Gasteiger partial charge on any atom is 0.240 e. The molecule has 0 saturated carbocycles. The molecule has 4 rings (SSSR count). The van der Waals surface area contributed by atoms with Gasteiger partial charge in [0.05, 0.1) is 22.9 Å². The highest BCUT2D eigenvalue weighted by Gasteiger charge is 2.32. The van der Waals surface area contributed by atoms with Gasteiger partial charge in [0.25, 0.3) is 0 Å². The van der Waals surface area contributed by atoms with Gasteiger partial charge in [-0.1, -0.05) is 12.1 Å². The number of methoxy groups -OCH3 is 1. The monoisotopic (exact) mass is 472 g/mol. The quantitative estimate of drug-likeness (QED) is 0.341. The van der Waals surface area contributed by atoms with Crippen molar-refractivity contribution < 1.29 is 17.9 Å². The zero-order valence-corrected chi connectivity index (χ0v) is 19.1. The molecule has 1 amide bonds. The van der Waals surface area contributed by atoms with Crippen LogP contribution in [0.25, 0.3) is 10.8 Å². The number of nitrogens with zero attached hydrogens (tertiary/aromatic N) is 1. The third-order valence-corrected chi connectivity index (χ3v) is 8.02. The number of likely N-dealkylation sites (tertiary alicyclic amines) is 1. The van der Waals surface area contributed by atoms with Crippen LogP contribution in [0, 0.1) is 5.41 Å². The van der Waals surface area contributed by atoms with Gasteiger partial charge in [0.15, 0.2) is 9.84 Å². The van der Waals surface area contributed by atoms with Crippen LogP contribution in [-0.4, -0.2) is 50.6 Å². The van der Waals surface area contributed by atoms with Gasteiger partial charge >= 0.3 is 0 Å². The molecule has 1 aromatic heterocycles. The van der Waals surface area contributed by atoms with Gasteiger partial charge in [-0.05, 0) is 58.5 Å². The predicted molar refractivity (Wildman–Crippen MR) is 125 cm³/mol. The van der Waals surface area contributed by atoms with Crippen molar-refractivity contribution in [1.82, 2.24) is 10.2 Å². The van der Waals surface area contributed by atoms with E-state index in [1.165, 1.54) is 11.3 Å². The molecule has 8 nitrogen and oxygen atoms in total. The Labute approximate surface area is 190 Å². The molecular formula is C22H24N4O4S2. The summed E-state index contributed by atoms with van der Waals surface area (Å²) in [5.41, 5.74) is 6.41. The first-order chi connectivity index (χ1) is 15.3. The minimum absolute atomic E-state index is 0.00545. The van der Waals surface area contributed by atoms with E-state index in [1.54, 1.807) is 42.3 Å². The summed E-state index contributed by atoms with van der Waals surface area (Å²) in [5, 5.41) is 14.0. The summed E-state index contributed by atoms with van der Waals surface area (Å²) < 4.78 is 31.0. The van der Waals surface area contributed by atoms with E-state index in [4.69, 9.17) is 15.9 Å². The molecule has 2 heterocycles. The molecule has 4 N–H and O–H groups in total. The average Bonchev–Trinajstić information content (AvgIpc) is 3.39. The van der Waals surface area contributed by atoms with E-state index in [1.807, 2.05) is 17.5 Å². The van der Waals surface area contributed by atoms with E-state index in [0.29, 0.717) is 30.1 Å². The number of nitrogen functional groups attached to an aromatic ring is 1. The van der Waals surface area contributed by atoms with E-state index in [-0.39, 0.29) is 22.5 Å². The third-order valence-electron chi connectivity index (χ3n) is 5.49. The van der Waals surface area contributed by atoms with Gasteiger partial charge in [0.2, 0.25) is 5.91 Å². The molecule has 1 atom stereocenters. The fourth-order valence-corrected chi connectivity index (χ4v) is 5.66. The fraction of sp³-hybridized carbons (Fsp3) is 0.273. The molecule has 1 fully saturated rings. The van der Waals surface area contributed by atoms with Crippen LogP contribution >= 0.6 is 11.3 Å². The number of hydrogen-bond acceptors (Lipinski definition) is 7. The summed E-state index contributed by atoms with van der Waals surface area (Å²) >= 11 is 1.37. The lowest BCUT2D eigenvalue weighted by molar-refractivity contribution is -0.129. The molecule has 1 saturated heterocycles. The van der Waals surface area contributed by atoms with Crippen LogP contribution in [-0.2, 0) is 21.2 Å². The molecule has 0 bridgehead atoms. The van der Waals surface area contributed by atoms with Crippen molar-refractivity contribution in [2.24, 2.45) is 5.73 Å². The molecular weight excluding hydrogens is 448 g/mol. The number of hydrogen-bond donors (Lipinski definition) is 3. The number of ether oxygens (including phenoxy) is 1. The summed E-state index contributed by atoms with van der Waals surface area (Å²) in [6.45, 7) is 0.956. The number of nitrogens with one attached hydrogen (secondary N) is 2. The smallest absolute Gasteiger partial charge is 0.240 e. The Kier molecular flexibility index (Phi) is 6.18. The molecule has 168 valence electrons. The lowest BCUT2D eigenvalue weighted by Gasteiger charge is -2.16. The predicted octanol–water partition coefficient (Wildman–Crippen LogP) is 2.32. The standard InChI is InChI=1S/C22H24N4O4S2/c1-30-17-4-2-15-3-5-18(10-16(15)9-17)32(28,29)13-25-19-6-7-26(22(19)27)11-14-8-20(21(23)24)31-12-14/h2-5,8-10,12,19,25H,6-7,11,13H2,1H3,(H3,23,24)/t19-/m0/s1. The van der Waals surface area contributed by atoms with E-state index < -0.39 is 15.9 Å². The van der Waals surface area contributed by atoms with Crippen LogP contribution in [0.5, 0.6) is 5.75 Å². The van der Waals surface area contributed by atoms with Crippen LogP contribution in [0.2, 0.25) is 0 Å². The van der Waals surface area contributed by atoms with E-state index in [9.17, 15) is 13.2 Å². The minimum Gasteiger partial charge on any atom is -0.497 e.